The summed E-state index contributed by atoms with van der Waals surface area (Å²) in [4.78, 5) is 15.1. The molecular weight excluding hydrogens is 522 g/mol. The lowest BCUT2D eigenvalue weighted by atomic mass is 9.98. The van der Waals surface area contributed by atoms with Gasteiger partial charge >= 0.3 is 0 Å². The first-order valence-electron chi connectivity index (χ1n) is 10.9. The van der Waals surface area contributed by atoms with Crippen molar-refractivity contribution in [3.8, 4) is 0 Å². The quantitative estimate of drug-likeness (QED) is 0.517. The molecule has 1 N–H and O–H groups in total. The van der Waals surface area contributed by atoms with Gasteiger partial charge in [-0.15, -0.1) is 0 Å². The van der Waals surface area contributed by atoms with Crippen LogP contribution in [0.15, 0.2) is 35.2 Å². The Morgan fingerprint density at radius 2 is 1.74 bits per heavy atom. The van der Waals surface area contributed by atoms with Gasteiger partial charge in [-0.05, 0) is 59.3 Å². The van der Waals surface area contributed by atoms with E-state index < -0.39 is 32.9 Å². The van der Waals surface area contributed by atoms with Gasteiger partial charge in [0.25, 0.3) is 5.91 Å². The van der Waals surface area contributed by atoms with Gasteiger partial charge in [0.05, 0.1) is 11.8 Å². The van der Waals surface area contributed by atoms with E-state index in [1.54, 1.807) is 18.2 Å². The van der Waals surface area contributed by atoms with Crippen LogP contribution in [0.4, 0.5) is 4.39 Å². The second kappa shape index (κ2) is 10.3. The number of halogens is 3. The van der Waals surface area contributed by atoms with Gasteiger partial charge in [-0.2, -0.15) is 0 Å². The molecule has 0 bridgehead atoms. The molecule has 1 heterocycles. The minimum atomic E-state index is -3.79. The maximum Gasteiger partial charge on any atom is 0.267 e. The van der Waals surface area contributed by atoms with E-state index in [0.29, 0.717) is 47.4 Å². The second-order valence-corrected chi connectivity index (χ2v) is 13.2. The average Bonchev–Trinajstić information content (AvgIpc) is 3.57. The number of nitrogens with one attached hydrogen (secondary N) is 1. The molecule has 1 aliphatic carbocycles. The first-order valence-corrected chi connectivity index (χ1v) is 14.8. The first-order chi connectivity index (χ1) is 16.0. The number of nitrogens with zero attached hydrogens (tertiary/aromatic N) is 1. The predicted octanol–water partition coefficient (Wildman–Crippen LogP) is 4.47. The van der Waals surface area contributed by atoms with E-state index in [4.69, 9.17) is 23.2 Å². The van der Waals surface area contributed by atoms with E-state index in [9.17, 15) is 22.2 Å². The number of amides is 1. The largest absolute Gasteiger partial charge is 0.611 e. The number of sulfonamides is 1. The van der Waals surface area contributed by atoms with Crippen molar-refractivity contribution >= 4 is 50.3 Å². The van der Waals surface area contributed by atoms with E-state index in [2.05, 4.69) is 4.90 Å². The van der Waals surface area contributed by atoms with Crippen molar-refractivity contribution in [3.63, 3.8) is 0 Å². The highest BCUT2D eigenvalue weighted by Gasteiger charge is 2.33. The zero-order chi connectivity index (χ0) is 24.6. The number of benzene rings is 2. The maximum absolute atomic E-state index is 14.8. The summed E-state index contributed by atoms with van der Waals surface area (Å²) in [7, 11) is -3.79. The third-order valence-corrected chi connectivity index (χ3v) is 8.84. The van der Waals surface area contributed by atoms with Gasteiger partial charge in [0.2, 0.25) is 10.0 Å². The van der Waals surface area contributed by atoms with E-state index in [1.807, 2.05) is 4.72 Å². The molecule has 1 aliphatic heterocycles. The zero-order valence-corrected chi connectivity index (χ0v) is 21.7. The van der Waals surface area contributed by atoms with Gasteiger partial charge in [0.15, 0.2) is 4.90 Å². The van der Waals surface area contributed by atoms with Gasteiger partial charge in [-0.3, -0.25) is 9.69 Å². The van der Waals surface area contributed by atoms with Gasteiger partial charge in [-0.25, -0.2) is 17.5 Å². The Morgan fingerprint density at radius 3 is 2.29 bits per heavy atom. The number of piperidine rings is 1. The van der Waals surface area contributed by atoms with Crippen LogP contribution in [0.25, 0.3) is 0 Å². The monoisotopic (exact) mass is 546 g/mol. The molecule has 2 aliphatic rings. The fourth-order valence-corrected chi connectivity index (χ4v) is 6.91. The van der Waals surface area contributed by atoms with E-state index in [1.165, 1.54) is 12.1 Å². The normalized spacial score (nSPS) is 18.6. The fourth-order valence-electron chi connectivity index (χ4n) is 4.30. The van der Waals surface area contributed by atoms with Gasteiger partial charge in [0, 0.05) is 54.7 Å². The summed E-state index contributed by atoms with van der Waals surface area (Å²) in [6, 6.07) is 7.82. The minimum Gasteiger partial charge on any atom is -0.611 e. The van der Waals surface area contributed by atoms with Crippen molar-refractivity contribution < 1.29 is 22.2 Å². The Bertz CT molecular complexity index is 1180. The Labute approximate surface area is 212 Å². The van der Waals surface area contributed by atoms with Crippen LogP contribution in [0.3, 0.4) is 0 Å². The molecule has 1 unspecified atom stereocenters. The highest BCUT2D eigenvalue weighted by atomic mass is 35.5. The molecule has 11 heteroatoms. The second-order valence-electron chi connectivity index (χ2n) is 8.89. The van der Waals surface area contributed by atoms with E-state index in [-0.39, 0.29) is 16.7 Å². The highest BCUT2D eigenvalue weighted by Crippen LogP contribution is 2.43. The molecule has 1 saturated heterocycles. The van der Waals surface area contributed by atoms with Crippen molar-refractivity contribution in [2.45, 2.75) is 48.3 Å². The molecule has 34 heavy (non-hydrogen) atoms. The molecule has 1 amide bonds. The van der Waals surface area contributed by atoms with Crippen LogP contribution >= 0.6 is 23.2 Å². The molecule has 1 saturated carbocycles. The topological polar surface area (TPSA) is 89.5 Å². The van der Waals surface area contributed by atoms with Gasteiger partial charge in [-0.1, -0.05) is 23.2 Å². The number of carbonyl (C=O) groups is 1. The molecular formula is C23H25Cl2FN2O4S2. The number of hydrogen-bond donors (Lipinski definition) is 1. The van der Waals surface area contributed by atoms with Crippen LogP contribution in [-0.2, 0) is 27.7 Å². The third kappa shape index (κ3) is 6.44. The van der Waals surface area contributed by atoms with Crippen molar-refractivity contribution in [1.82, 2.24) is 9.62 Å². The Kier molecular flexibility index (Phi) is 7.81. The Morgan fingerprint density at radius 1 is 1.12 bits per heavy atom. The molecule has 0 spiro atoms. The van der Waals surface area contributed by atoms with Crippen LogP contribution in [0.2, 0.25) is 10.0 Å². The smallest absolute Gasteiger partial charge is 0.267 e. The number of likely N-dealkylation sites (tertiary alicyclic amines) is 1. The third-order valence-electron chi connectivity index (χ3n) is 6.07. The van der Waals surface area contributed by atoms with Crippen molar-refractivity contribution in [1.29, 1.82) is 0 Å². The molecule has 184 valence electrons. The Balaban J connectivity index is 1.44. The summed E-state index contributed by atoms with van der Waals surface area (Å²) in [5.74, 6) is -1.45. The van der Waals surface area contributed by atoms with Crippen molar-refractivity contribution in [3.05, 3.63) is 62.9 Å². The summed E-state index contributed by atoms with van der Waals surface area (Å²) < 4.78 is 52.4. The minimum absolute atomic E-state index is 0.0208. The predicted molar refractivity (Wildman–Crippen MR) is 132 cm³/mol. The van der Waals surface area contributed by atoms with Crippen LogP contribution < -0.4 is 4.72 Å². The number of carbonyl (C=O) groups excluding carboxylic acids is 1. The van der Waals surface area contributed by atoms with Crippen LogP contribution in [-0.4, -0.2) is 48.4 Å². The van der Waals surface area contributed by atoms with E-state index in [0.717, 1.165) is 30.2 Å². The van der Waals surface area contributed by atoms with E-state index >= 15 is 0 Å². The summed E-state index contributed by atoms with van der Waals surface area (Å²) in [6.45, 7) is 1.92. The summed E-state index contributed by atoms with van der Waals surface area (Å²) in [6.07, 6.45) is 4.19. The first kappa shape index (κ1) is 25.7. The average molecular weight is 548 g/mol. The molecule has 2 aromatic rings. The molecule has 1 atom stereocenters. The summed E-state index contributed by atoms with van der Waals surface area (Å²) in [5.41, 5.74) is 1.43. The van der Waals surface area contributed by atoms with Crippen LogP contribution in [0, 0.1) is 5.82 Å². The molecule has 6 nitrogen and oxygen atoms in total. The van der Waals surface area contributed by atoms with Gasteiger partial charge < -0.3 is 4.55 Å². The molecule has 0 radical (unpaired) electrons. The molecule has 0 aromatic heterocycles. The van der Waals surface area contributed by atoms with Crippen LogP contribution in [0.5, 0.6) is 0 Å². The molecule has 2 aromatic carbocycles. The Hall–Kier alpha value is -1.36. The van der Waals surface area contributed by atoms with Crippen LogP contribution in [0.1, 0.15) is 53.1 Å². The molecule has 4 rings (SSSR count). The zero-order valence-electron chi connectivity index (χ0n) is 18.5. The SMILES string of the molecule is CS(=O)(=O)NC(=O)c1cc(C2CC2)c(CN2CCC([S+]([O-])c3cc(Cl)cc(Cl)c3)CC2)cc1F. The van der Waals surface area contributed by atoms with Crippen molar-refractivity contribution in [2.24, 2.45) is 0 Å². The number of hydrogen-bond acceptors (Lipinski definition) is 5. The standard InChI is InChI=1S/C23H25Cl2FN2O4S2/c1-34(31,32)27-23(29)21-12-20(14-2-3-14)15(8-22(21)26)13-28-6-4-18(5-7-28)33(30)19-10-16(24)9-17(25)11-19/h8-12,14,18H,2-7,13H2,1H3,(H,27,29). The number of rotatable bonds is 7. The molecule has 2 fully saturated rings. The summed E-state index contributed by atoms with van der Waals surface area (Å²) in [5, 5.41) is 0.889. The fraction of sp³-hybridized carbons (Fsp3) is 0.435. The lowest BCUT2D eigenvalue weighted by Crippen LogP contribution is -2.39. The summed E-state index contributed by atoms with van der Waals surface area (Å²) >= 11 is 10.9. The van der Waals surface area contributed by atoms with Gasteiger partial charge in [0.1, 0.15) is 11.1 Å². The maximum atomic E-state index is 14.8. The lowest BCUT2D eigenvalue weighted by Gasteiger charge is -2.33. The highest BCUT2D eigenvalue weighted by molar-refractivity contribution is 7.92. The lowest BCUT2D eigenvalue weighted by molar-refractivity contribution is 0.0977. The van der Waals surface area contributed by atoms with Crippen molar-refractivity contribution in [2.75, 3.05) is 19.3 Å².